The summed E-state index contributed by atoms with van der Waals surface area (Å²) in [4.78, 5) is 32.6. The van der Waals surface area contributed by atoms with Gasteiger partial charge in [0.05, 0.1) is 5.56 Å². The molecular weight excluding hydrogens is 346 g/mol. The van der Waals surface area contributed by atoms with Crippen molar-refractivity contribution in [2.45, 2.75) is 39.2 Å². The van der Waals surface area contributed by atoms with Gasteiger partial charge in [-0.25, -0.2) is 0 Å². The Hall–Kier alpha value is -2.77. The molecule has 0 aliphatic carbocycles. The minimum Gasteiger partial charge on any atom is -0.423 e. The topological polar surface area (TPSA) is 92.4 Å². The third kappa shape index (κ3) is 3.31. The maximum atomic E-state index is 12.7. The van der Waals surface area contributed by atoms with Gasteiger partial charge in [-0.1, -0.05) is 0 Å². The van der Waals surface area contributed by atoms with Crippen LogP contribution in [0.3, 0.4) is 0 Å². The van der Waals surface area contributed by atoms with E-state index in [0.29, 0.717) is 37.0 Å². The minimum atomic E-state index is -0.177. The van der Waals surface area contributed by atoms with Crippen LogP contribution in [0.15, 0.2) is 28.9 Å². The third-order valence-corrected chi connectivity index (χ3v) is 5.76. The van der Waals surface area contributed by atoms with Gasteiger partial charge in [-0.05, 0) is 36.8 Å². The fourth-order valence-electron chi connectivity index (χ4n) is 4.27. The van der Waals surface area contributed by atoms with Gasteiger partial charge in [0.25, 0.3) is 5.91 Å². The Labute approximate surface area is 157 Å². The number of amides is 2. The van der Waals surface area contributed by atoms with Gasteiger partial charge >= 0.3 is 0 Å². The van der Waals surface area contributed by atoms with Gasteiger partial charge in [-0.2, -0.15) is 0 Å². The van der Waals surface area contributed by atoms with Gasteiger partial charge in [-0.3, -0.25) is 14.6 Å². The van der Waals surface area contributed by atoms with Crippen LogP contribution in [0.1, 0.15) is 54.4 Å². The second-order valence-electron chi connectivity index (χ2n) is 7.56. The van der Waals surface area contributed by atoms with Crippen molar-refractivity contribution in [3.05, 3.63) is 41.9 Å². The van der Waals surface area contributed by atoms with E-state index in [9.17, 15) is 9.59 Å². The zero-order chi connectivity index (χ0) is 19.0. The van der Waals surface area contributed by atoms with E-state index in [0.717, 1.165) is 19.3 Å². The zero-order valence-corrected chi connectivity index (χ0v) is 15.6. The van der Waals surface area contributed by atoms with E-state index in [1.807, 2.05) is 9.80 Å². The lowest BCUT2D eigenvalue weighted by Gasteiger charge is -2.39. The van der Waals surface area contributed by atoms with Gasteiger partial charge in [0.1, 0.15) is 6.04 Å². The number of hydrogen-bond donors (Lipinski definition) is 0. The molecule has 2 fully saturated rings. The molecule has 1 spiro atoms. The summed E-state index contributed by atoms with van der Waals surface area (Å²) >= 11 is 0. The van der Waals surface area contributed by atoms with E-state index in [-0.39, 0.29) is 23.3 Å². The standard InChI is InChI=1S/C19H23N5O3/c1-13-21-22-17(27-13)16-10-19(12-24(16)14(2)25)5-8-23(9-6-19)18(26)15-4-3-7-20-11-15/h3-4,7,11,16H,5-6,8-10,12H2,1-2H3. The third-order valence-electron chi connectivity index (χ3n) is 5.76. The number of likely N-dealkylation sites (tertiary alicyclic amines) is 2. The highest BCUT2D eigenvalue weighted by molar-refractivity contribution is 5.93. The average molecular weight is 369 g/mol. The number of pyridine rings is 1. The largest absolute Gasteiger partial charge is 0.423 e. The van der Waals surface area contributed by atoms with Crippen LogP contribution in [0.2, 0.25) is 0 Å². The molecule has 2 aliphatic rings. The Kier molecular flexibility index (Phi) is 4.41. The van der Waals surface area contributed by atoms with Crippen molar-refractivity contribution < 1.29 is 14.0 Å². The molecule has 2 aromatic rings. The van der Waals surface area contributed by atoms with E-state index >= 15 is 0 Å². The summed E-state index contributed by atoms with van der Waals surface area (Å²) in [5.41, 5.74) is 0.606. The van der Waals surface area contributed by atoms with Crippen molar-refractivity contribution in [1.29, 1.82) is 0 Å². The van der Waals surface area contributed by atoms with Crippen LogP contribution in [0, 0.1) is 12.3 Å². The number of hydrogen-bond acceptors (Lipinski definition) is 6. The number of nitrogens with zero attached hydrogens (tertiary/aromatic N) is 5. The molecule has 4 heterocycles. The van der Waals surface area contributed by atoms with Crippen molar-refractivity contribution in [3.8, 4) is 0 Å². The molecule has 8 heteroatoms. The van der Waals surface area contributed by atoms with E-state index < -0.39 is 0 Å². The van der Waals surface area contributed by atoms with Gasteiger partial charge < -0.3 is 14.2 Å². The molecule has 2 aliphatic heterocycles. The van der Waals surface area contributed by atoms with Crippen molar-refractivity contribution in [3.63, 3.8) is 0 Å². The fourth-order valence-corrected chi connectivity index (χ4v) is 4.27. The number of aryl methyl sites for hydroxylation is 1. The molecule has 27 heavy (non-hydrogen) atoms. The summed E-state index contributed by atoms with van der Waals surface area (Å²) in [7, 11) is 0. The molecule has 2 amide bonds. The van der Waals surface area contributed by atoms with Crippen LogP contribution in [-0.4, -0.2) is 56.4 Å². The molecule has 0 radical (unpaired) electrons. The SMILES string of the molecule is CC(=O)N1CC2(CCN(C(=O)c3cccnc3)CC2)CC1c1nnc(C)o1. The van der Waals surface area contributed by atoms with Crippen molar-refractivity contribution in [1.82, 2.24) is 25.0 Å². The Morgan fingerprint density at radius 3 is 2.63 bits per heavy atom. The lowest BCUT2D eigenvalue weighted by Crippen LogP contribution is -2.44. The fraction of sp³-hybridized carbons (Fsp3) is 0.526. The van der Waals surface area contributed by atoms with Gasteiger partial charge in [0.15, 0.2) is 0 Å². The number of aromatic nitrogens is 3. The number of carbonyl (C=O) groups is 2. The minimum absolute atomic E-state index is 0.00949. The van der Waals surface area contributed by atoms with E-state index in [1.165, 1.54) is 0 Å². The lowest BCUT2D eigenvalue weighted by molar-refractivity contribution is -0.130. The summed E-state index contributed by atoms with van der Waals surface area (Å²) in [6.07, 6.45) is 5.77. The maximum Gasteiger partial charge on any atom is 0.255 e. The smallest absolute Gasteiger partial charge is 0.255 e. The van der Waals surface area contributed by atoms with Crippen LogP contribution in [0.25, 0.3) is 0 Å². The first-order chi connectivity index (χ1) is 13.0. The van der Waals surface area contributed by atoms with Crippen LogP contribution >= 0.6 is 0 Å². The highest BCUT2D eigenvalue weighted by Crippen LogP contribution is 2.48. The van der Waals surface area contributed by atoms with Crippen molar-refractivity contribution in [2.24, 2.45) is 5.41 Å². The summed E-state index contributed by atoms with van der Waals surface area (Å²) in [5.74, 6) is 1.05. The predicted octanol–water partition coefficient (Wildman–Crippen LogP) is 1.99. The van der Waals surface area contributed by atoms with E-state index in [1.54, 1.807) is 38.4 Å². The average Bonchev–Trinajstić information content (AvgIpc) is 3.27. The number of rotatable bonds is 2. The van der Waals surface area contributed by atoms with E-state index in [4.69, 9.17) is 4.42 Å². The highest BCUT2D eigenvalue weighted by atomic mass is 16.4. The Morgan fingerprint density at radius 2 is 2.04 bits per heavy atom. The second-order valence-corrected chi connectivity index (χ2v) is 7.56. The maximum absolute atomic E-state index is 12.7. The molecule has 2 aromatic heterocycles. The van der Waals surface area contributed by atoms with Crippen LogP contribution in [-0.2, 0) is 4.79 Å². The molecule has 8 nitrogen and oxygen atoms in total. The zero-order valence-electron chi connectivity index (χ0n) is 15.6. The first-order valence-corrected chi connectivity index (χ1v) is 9.24. The van der Waals surface area contributed by atoms with Crippen LogP contribution < -0.4 is 0 Å². The lowest BCUT2D eigenvalue weighted by atomic mass is 9.76. The number of piperidine rings is 1. The van der Waals surface area contributed by atoms with Crippen molar-refractivity contribution >= 4 is 11.8 Å². The monoisotopic (exact) mass is 369 g/mol. The quantitative estimate of drug-likeness (QED) is 0.804. The van der Waals surface area contributed by atoms with Crippen LogP contribution in [0.4, 0.5) is 0 Å². The van der Waals surface area contributed by atoms with Crippen molar-refractivity contribution in [2.75, 3.05) is 19.6 Å². The van der Waals surface area contributed by atoms with Gasteiger partial charge in [-0.15, -0.1) is 10.2 Å². The normalized spacial score (nSPS) is 21.6. The number of carbonyl (C=O) groups excluding carboxylic acids is 2. The molecule has 0 aromatic carbocycles. The summed E-state index contributed by atoms with van der Waals surface area (Å²) in [5, 5.41) is 8.05. The molecular formula is C19H23N5O3. The molecule has 0 N–H and O–H groups in total. The molecule has 0 saturated carbocycles. The molecule has 2 saturated heterocycles. The molecule has 0 bridgehead atoms. The molecule has 4 rings (SSSR count). The molecule has 142 valence electrons. The van der Waals surface area contributed by atoms with Gasteiger partial charge in [0, 0.05) is 45.9 Å². The Bertz CT molecular complexity index is 842. The van der Waals surface area contributed by atoms with Crippen LogP contribution in [0.5, 0.6) is 0 Å². The summed E-state index contributed by atoms with van der Waals surface area (Å²) in [6, 6.07) is 3.39. The summed E-state index contributed by atoms with van der Waals surface area (Å²) in [6.45, 7) is 5.35. The first kappa shape index (κ1) is 17.6. The first-order valence-electron chi connectivity index (χ1n) is 9.24. The molecule has 1 unspecified atom stereocenters. The summed E-state index contributed by atoms with van der Waals surface area (Å²) < 4.78 is 5.61. The second kappa shape index (κ2) is 6.75. The Morgan fingerprint density at radius 1 is 1.26 bits per heavy atom. The Balaban J connectivity index is 1.47. The van der Waals surface area contributed by atoms with E-state index in [2.05, 4.69) is 15.2 Å². The highest BCUT2D eigenvalue weighted by Gasteiger charge is 2.49. The van der Waals surface area contributed by atoms with Gasteiger partial charge in [0.2, 0.25) is 17.7 Å². The predicted molar refractivity (Wildman–Crippen MR) is 95.6 cm³/mol. The molecule has 1 atom stereocenters.